The fourth-order valence-corrected chi connectivity index (χ4v) is 3.52. The first-order valence-corrected chi connectivity index (χ1v) is 9.46. The van der Waals surface area contributed by atoms with E-state index >= 15 is 0 Å². The van der Waals surface area contributed by atoms with E-state index in [-0.39, 0.29) is 5.84 Å². The van der Waals surface area contributed by atoms with Gasteiger partial charge in [0, 0.05) is 16.5 Å². The summed E-state index contributed by atoms with van der Waals surface area (Å²) >= 11 is 0. The Morgan fingerprint density at radius 2 is 1.52 bits per heavy atom. The van der Waals surface area contributed by atoms with E-state index < -0.39 is 0 Å². The van der Waals surface area contributed by atoms with Gasteiger partial charge in [-0.05, 0) is 35.4 Å². The van der Waals surface area contributed by atoms with Crippen molar-refractivity contribution in [3.05, 3.63) is 60.2 Å². The minimum absolute atomic E-state index is 0.0709. The summed E-state index contributed by atoms with van der Waals surface area (Å²) in [4.78, 5) is 0. The number of hydrogen-bond acceptors (Lipinski definition) is 6. The van der Waals surface area contributed by atoms with Gasteiger partial charge >= 0.3 is 0 Å². The molecule has 0 atom stereocenters. The van der Waals surface area contributed by atoms with E-state index in [4.69, 9.17) is 25.2 Å². The predicted octanol–water partition coefficient (Wildman–Crippen LogP) is 4.02. The first kappa shape index (κ1) is 20.1. The zero-order valence-electron chi connectivity index (χ0n) is 17.3. The maximum absolute atomic E-state index is 8.84. The Kier molecular flexibility index (Phi) is 5.36. The second kappa shape index (κ2) is 8.27. The highest BCUT2D eigenvalue weighted by atomic mass is 16.5. The highest BCUT2D eigenvalue weighted by Gasteiger charge is 2.17. The molecular formula is C23H22N4O4. The van der Waals surface area contributed by atoms with Crippen LogP contribution in [0.25, 0.3) is 33.3 Å². The quantitative estimate of drug-likeness (QED) is 0.189. The van der Waals surface area contributed by atoms with Gasteiger partial charge in [-0.3, -0.25) is 5.10 Å². The number of aromatic nitrogens is 2. The number of benzene rings is 3. The minimum atomic E-state index is 0.0709. The van der Waals surface area contributed by atoms with Crippen LogP contribution in [0.2, 0.25) is 0 Å². The zero-order valence-corrected chi connectivity index (χ0v) is 17.3. The molecule has 0 spiro atoms. The summed E-state index contributed by atoms with van der Waals surface area (Å²) in [5.74, 6) is 1.72. The maximum atomic E-state index is 8.84. The maximum Gasteiger partial charge on any atom is 0.203 e. The van der Waals surface area contributed by atoms with E-state index in [1.165, 1.54) is 0 Å². The van der Waals surface area contributed by atoms with E-state index in [1.54, 1.807) is 21.3 Å². The summed E-state index contributed by atoms with van der Waals surface area (Å²) in [7, 11) is 4.74. The van der Waals surface area contributed by atoms with Crippen LogP contribution in [0.1, 0.15) is 5.56 Å². The molecule has 4 aromatic rings. The van der Waals surface area contributed by atoms with Gasteiger partial charge in [-0.15, -0.1) is 0 Å². The fraction of sp³-hybridized carbons (Fsp3) is 0.130. The zero-order chi connectivity index (χ0) is 22.0. The van der Waals surface area contributed by atoms with Crippen molar-refractivity contribution in [2.75, 3.05) is 21.3 Å². The number of nitrogens with zero attached hydrogens (tertiary/aromatic N) is 2. The molecule has 0 aliphatic carbocycles. The van der Waals surface area contributed by atoms with Crippen LogP contribution in [0.3, 0.4) is 0 Å². The number of oxime groups is 1. The van der Waals surface area contributed by atoms with Gasteiger partial charge in [-0.25, -0.2) is 0 Å². The van der Waals surface area contributed by atoms with Gasteiger partial charge in [0.15, 0.2) is 17.3 Å². The first-order valence-electron chi connectivity index (χ1n) is 9.46. The summed E-state index contributed by atoms with van der Waals surface area (Å²) in [6, 6.07) is 17.3. The SMILES string of the molecule is COc1cc(-c2n[nH]c3ccc(-c4ccc(C(N)=NO)cc4)cc23)cc(OC)c1OC. The van der Waals surface area contributed by atoms with Crippen molar-refractivity contribution in [1.82, 2.24) is 10.2 Å². The molecule has 3 aromatic carbocycles. The highest BCUT2D eigenvalue weighted by molar-refractivity contribution is 5.98. The lowest BCUT2D eigenvalue weighted by molar-refractivity contribution is 0.318. The highest BCUT2D eigenvalue weighted by Crippen LogP contribution is 2.42. The minimum Gasteiger partial charge on any atom is -0.493 e. The van der Waals surface area contributed by atoms with Crippen LogP contribution < -0.4 is 19.9 Å². The Bertz CT molecular complexity index is 1240. The molecule has 0 saturated carbocycles. The van der Waals surface area contributed by atoms with Crippen LogP contribution in [0.5, 0.6) is 17.2 Å². The lowest BCUT2D eigenvalue weighted by atomic mass is 10.00. The number of methoxy groups -OCH3 is 3. The largest absolute Gasteiger partial charge is 0.493 e. The number of aromatic amines is 1. The number of nitrogens with two attached hydrogens (primary N) is 1. The van der Waals surface area contributed by atoms with E-state index in [2.05, 4.69) is 21.4 Å². The molecule has 4 rings (SSSR count). The third-order valence-electron chi connectivity index (χ3n) is 5.12. The molecule has 0 bridgehead atoms. The van der Waals surface area contributed by atoms with E-state index in [0.29, 0.717) is 22.8 Å². The second-order valence-electron chi connectivity index (χ2n) is 6.81. The van der Waals surface area contributed by atoms with E-state index in [9.17, 15) is 0 Å². The van der Waals surface area contributed by atoms with Gasteiger partial charge in [0.05, 0.1) is 26.8 Å². The number of amidine groups is 1. The number of H-pyrrole nitrogens is 1. The van der Waals surface area contributed by atoms with Crippen LogP contribution in [0.15, 0.2) is 59.8 Å². The molecule has 8 heteroatoms. The average Bonchev–Trinajstić information content (AvgIpc) is 3.25. The summed E-state index contributed by atoms with van der Waals surface area (Å²) < 4.78 is 16.4. The summed E-state index contributed by atoms with van der Waals surface area (Å²) in [6.07, 6.45) is 0. The van der Waals surface area contributed by atoms with Crippen LogP contribution in [0.4, 0.5) is 0 Å². The van der Waals surface area contributed by atoms with Crippen molar-refractivity contribution in [3.63, 3.8) is 0 Å². The molecule has 4 N–H and O–H groups in total. The van der Waals surface area contributed by atoms with Gasteiger partial charge in [0.1, 0.15) is 5.69 Å². The fourth-order valence-electron chi connectivity index (χ4n) is 3.52. The third-order valence-corrected chi connectivity index (χ3v) is 5.12. The number of fused-ring (bicyclic) bond motifs is 1. The molecule has 8 nitrogen and oxygen atoms in total. The Hall–Kier alpha value is -4.20. The molecule has 1 aromatic heterocycles. The molecule has 0 saturated heterocycles. The number of rotatable bonds is 6. The molecular weight excluding hydrogens is 396 g/mol. The van der Waals surface area contributed by atoms with Gasteiger partial charge in [0.25, 0.3) is 0 Å². The van der Waals surface area contributed by atoms with E-state index in [0.717, 1.165) is 33.3 Å². The molecule has 0 amide bonds. The van der Waals surface area contributed by atoms with Crippen LogP contribution in [0, 0.1) is 0 Å². The molecule has 0 aliphatic rings. The summed E-state index contributed by atoms with van der Waals surface area (Å²) in [6.45, 7) is 0. The van der Waals surface area contributed by atoms with Crippen molar-refractivity contribution >= 4 is 16.7 Å². The molecule has 31 heavy (non-hydrogen) atoms. The molecule has 0 unspecified atom stereocenters. The Morgan fingerprint density at radius 3 is 2.10 bits per heavy atom. The molecule has 1 heterocycles. The molecule has 0 radical (unpaired) electrons. The Labute approximate surface area is 178 Å². The second-order valence-corrected chi connectivity index (χ2v) is 6.81. The lowest BCUT2D eigenvalue weighted by Gasteiger charge is -2.13. The summed E-state index contributed by atoms with van der Waals surface area (Å²) in [5, 5.41) is 20.4. The summed E-state index contributed by atoms with van der Waals surface area (Å²) in [5.41, 5.74) is 10.8. The smallest absolute Gasteiger partial charge is 0.203 e. The third kappa shape index (κ3) is 3.59. The topological polar surface area (TPSA) is 115 Å². The number of nitrogens with one attached hydrogen (secondary N) is 1. The number of hydrogen-bond donors (Lipinski definition) is 3. The van der Waals surface area contributed by atoms with Crippen molar-refractivity contribution in [3.8, 4) is 39.6 Å². The van der Waals surface area contributed by atoms with Gasteiger partial charge in [0.2, 0.25) is 5.75 Å². The van der Waals surface area contributed by atoms with Gasteiger partial charge in [-0.1, -0.05) is 35.5 Å². The molecule has 0 fully saturated rings. The van der Waals surface area contributed by atoms with Crippen LogP contribution in [-0.2, 0) is 0 Å². The van der Waals surface area contributed by atoms with Crippen molar-refractivity contribution < 1.29 is 19.4 Å². The number of ether oxygens (including phenoxy) is 3. The Balaban J connectivity index is 1.81. The van der Waals surface area contributed by atoms with E-state index in [1.807, 2.05) is 48.5 Å². The Morgan fingerprint density at radius 1 is 0.871 bits per heavy atom. The average molecular weight is 418 g/mol. The lowest BCUT2D eigenvalue weighted by Crippen LogP contribution is -2.12. The van der Waals surface area contributed by atoms with Crippen molar-refractivity contribution in [2.24, 2.45) is 10.9 Å². The van der Waals surface area contributed by atoms with Gasteiger partial charge < -0.3 is 25.2 Å². The van der Waals surface area contributed by atoms with Crippen molar-refractivity contribution in [2.45, 2.75) is 0 Å². The molecule has 0 aliphatic heterocycles. The molecule has 158 valence electrons. The van der Waals surface area contributed by atoms with Crippen molar-refractivity contribution in [1.29, 1.82) is 0 Å². The standard InChI is InChI=1S/C23H22N4O4/c1-29-19-11-16(12-20(30-2)22(19)31-3)21-17-10-15(8-9-18(17)25-26-21)13-4-6-14(7-5-13)23(24)27-28/h4-12,28H,1-3H3,(H2,24,27)(H,25,26). The normalized spacial score (nSPS) is 11.5. The predicted molar refractivity (Wildman–Crippen MR) is 119 cm³/mol. The van der Waals surface area contributed by atoms with Crippen LogP contribution in [-0.4, -0.2) is 42.6 Å². The monoisotopic (exact) mass is 418 g/mol. The first-order chi connectivity index (χ1) is 15.1. The van der Waals surface area contributed by atoms with Gasteiger partial charge in [-0.2, -0.15) is 5.10 Å². The van der Waals surface area contributed by atoms with Crippen LogP contribution >= 0.6 is 0 Å².